The van der Waals surface area contributed by atoms with Crippen LogP contribution in [0, 0.1) is 5.92 Å². The predicted molar refractivity (Wildman–Crippen MR) is 79.9 cm³/mol. The lowest BCUT2D eigenvalue weighted by molar-refractivity contribution is 0.485. The third-order valence-corrected chi connectivity index (χ3v) is 3.45. The van der Waals surface area contributed by atoms with Crippen molar-refractivity contribution in [2.75, 3.05) is 0 Å². The molecule has 0 radical (unpaired) electrons. The molecule has 0 amide bonds. The molecule has 0 aliphatic carbocycles. The zero-order chi connectivity index (χ0) is 13.7. The highest BCUT2D eigenvalue weighted by molar-refractivity contribution is 5.79. The molecule has 2 aromatic rings. The molecule has 2 rings (SSSR count). The maximum Gasteiger partial charge on any atom is 0.0681 e. The molecule has 0 fully saturated rings. The highest BCUT2D eigenvalue weighted by Gasteiger charge is 2.14. The van der Waals surface area contributed by atoms with E-state index in [1.165, 1.54) is 22.9 Å². The summed E-state index contributed by atoms with van der Waals surface area (Å²) in [4.78, 5) is 0. The summed E-state index contributed by atoms with van der Waals surface area (Å²) in [6, 6.07) is 6.72. The minimum atomic E-state index is 0.652. The average molecular weight is 246 g/mol. The van der Waals surface area contributed by atoms with E-state index in [0.717, 1.165) is 0 Å². The van der Waals surface area contributed by atoms with Crippen LogP contribution in [0.1, 0.15) is 52.5 Å². The molecule has 0 aliphatic rings. The molecule has 2 nitrogen and oxygen atoms in total. The zero-order valence-electron chi connectivity index (χ0n) is 12.6. The van der Waals surface area contributed by atoms with Gasteiger partial charge >= 0.3 is 0 Å². The third-order valence-electron chi connectivity index (χ3n) is 3.45. The first-order valence-corrected chi connectivity index (χ1v) is 7.05. The van der Waals surface area contributed by atoms with Gasteiger partial charge in [-0.3, -0.25) is 4.68 Å². The minimum absolute atomic E-state index is 0.652. The summed E-state index contributed by atoms with van der Waals surface area (Å²) in [7, 11) is 2.00. The normalized spacial score (nSPS) is 12.4. The van der Waals surface area contributed by atoms with Crippen LogP contribution >= 0.6 is 0 Å². The van der Waals surface area contributed by atoms with Crippen molar-refractivity contribution in [3.05, 3.63) is 30.0 Å². The molecule has 2 heteroatoms. The van der Waals surface area contributed by atoms with Gasteiger partial charge in [-0.25, -0.2) is 0 Å². The Morgan fingerprint density at radius 2 is 1.89 bits per heavy atom. The lowest BCUT2D eigenvalue weighted by Gasteiger charge is -2.19. The number of aromatic nitrogens is 2. The Kier molecular flexibility index (Phi) is 5.39. The summed E-state index contributed by atoms with van der Waals surface area (Å²) < 4.78 is 1.95. The Balaban J connectivity index is 0.000000771. The van der Waals surface area contributed by atoms with Crippen molar-refractivity contribution in [3.63, 3.8) is 0 Å². The molecule has 1 aromatic carbocycles. The van der Waals surface area contributed by atoms with Crippen molar-refractivity contribution in [2.24, 2.45) is 13.0 Å². The fourth-order valence-electron chi connectivity index (χ4n) is 2.48. The second-order valence-electron chi connectivity index (χ2n) is 4.85. The monoisotopic (exact) mass is 246 g/mol. The Morgan fingerprint density at radius 3 is 2.44 bits per heavy atom. The summed E-state index contributed by atoms with van der Waals surface area (Å²) in [5.74, 6) is 1.34. The summed E-state index contributed by atoms with van der Waals surface area (Å²) in [6.07, 6.45) is 3.12. The van der Waals surface area contributed by atoms with Gasteiger partial charge in [-0.1, -0.05) is 46.8 Å². The van der Waals surface area contributed by atoms with Crippen LogP contribution in [0.2, 0.25) is 0 Å². The fourth-order valence-corrected chi connectivity index (χ4v) is 2.48. The van der Waals surface area contributed by atoms with Crippen LogP contribution in [-0.4, -0.2) is 9.78 Å². The first-order chi connectivity index (χ1) is 8.63. The van der Waals surface area contributed by atoms with Crippen molar-refractivity contribution in [1.29, 1.82) is 0 Å². The summed E-state index contributed by atoms with van der Waals surface area (Å²) >= 11 is 0. The van der Waals surface area contributed by atoms with Gasteiger partial charge in [0, 0.05) is 12.4 Å². The molecule has 0 aliphatic heterocycles. The standard InChI is InChI=1S/C14H20N2.C2H6/c1-5-13(10(2)3)11-6-7-12-9-15-16(4)14(12)8-11;1-2/h6-10,13H,5H2,1-4H3;1-2H3. The van der Waals surface area contributed by atoms with Crippen LogP contribution in [0.5, 0.6) is 0 Å². The number of nitrogens with zero attached hydrogens (tertiary/aromatic N) is 2. The second-order valence-corrected chi connectivity index (χ2v) is 4.85. The largest absolute Gasteiger partial charge is 0.268 e. The summed E-state index contributed by atoms with van der Waals surface area (Å²) in [5, 5.41) is 5.51. The predicted octanol–water partition coefficient (Wildman–Crippen LogP) is 4.75. The van der Waals surface area contributed by atoms with E-state index in [1.807, 2.05) is 31.8 Å². The van der Waals surface area contributed by atoms with Gasteiger partial charge < -0.3 is 0 Å². The Hall–Kier alpha value is -1.31. The minimum Gasteiger partial charge on any atom is -0.268 e. The lowest BCUT2D eigenvalue weighted by atomic mass is 9.86. The SMILES string of the molecule is CC.CCC(c1ccc2cnn(C)c2c1)C(C)C. The highest BCUT2D eigenvalue weighted by atomic mass is 15.2. The topological polar surface area (TPSA) is 17.8 Å². The number of aryl methyl sites for hydroxylation is 1. The van der Waals surface area contributed by atoms with Crippen LogP contribution in [-0.2, 0) is 7.05 Å². The smallest absolute Gasteiger partial charge is 0.0681 e. The van der Waals surface area contributed by atoms with Gasteiger partial charge in [0.05, 0.1) is 11.7 Å². The van der Waals surface area contributed by atoms with Gasteiger partial charge in [0.2, 0.25) is 0 Å². The van der Waals surface area contributed by atoms with Crippen molar-refractivity contribution < 1.29 is 0 Å². The summed E-state index contributed by atoms with van der Waals surface area (Å²) in [5.41, 5.74) is 2.67. The molecule has 0 bridgehead atoms. The van der Waals surface area contributed by atoms with E-state index in [2.05, 4.69) is 44.1 Å². The van der Waals surface area contributed by atoms with Gasteiger partial charge in [0.15, 0.2) is 0 Å². The molecule has 0 saturated carbocycles. The van der Waals surface area contributed by atoms with Crippen LogP contribution < -0.4 is 0 Å². The molecule has 1 atom stereocenters. The van der Waals surface area contributed by atoms with E-state index in [1.54, 1.807) is 0 Å². The third kappa shape index (κ3) is 2.92. The van der Waals surface area contributed by atoms with E-state index in [-0.39, 0.29) is 0 Å². The van der Waals surface area contributed by atoms with Gasteiger partial charge in [0.1, 0.15) is 0 Å². The van der Waals surface area contributed by atoms with Gasteiger partial charge in [-0.05, 0) is 29.9 Å². The molecular formula is C16H26N2. The number of benzene rings is 1. The number of rotatable bonds is 3. The van der Waals surface area contributed by atoms with Crippen molar-refractivity contribution >= 4 is 10.9 Å². The quantitative estimate of drug-likeness (QED) is 0.764. The molecular weight excluding hydrogens is 220 g/mol. The lowest BCUT2D eigenvalue weighted by Crippen LogP contribution is -2.05. The van der Waals surface area contributed by atoms with E-state index in [4.69, 9.17) is 0 Å². The van der Waals surface area contributed by atoms with Crippen LogP contribution in [0.3, 0.4) is 0 Å². The first kappa shape index (κ1) is 14.7. The van der Waals surface area contributed by atoms with Crippen molar-refractivity contribution in [3.8, 4) is 0 Å². The fraction of sp³-hybridized carbons (Fsp3) is 0.562. The van der Waals surface area contributed by atoms with Crippen LogP contribution in [0.4, 0.5) is 0 Å². The summed E-state index contributed by atoms with van der Waals surface area (Å²) in [6.45, 7) is 10.8. The Morgan fingerprint density at radius 1 is 1.22 bits per heavy atom. The highest BCUT2D eigenvalue weighted by Crippen LogP contribution is 2.29. The molecule has 0 saturated heterocycles. The average Bonchev–Trinajstić information content (AvgIpc) is 2.74. The van der Waals surface area contributed by atoms with Crippen molar-refractivity contribution in [1.82, 2.24) is 9.78 Å². The van der Waals surface area contributed by atoms with Crippen LogP contribution in [0.25, 0.3) is 10.9 Å². The maximum absolute atomic E-state index is 4.28. The Bertz CT molecular complexity index is 483. The van der Waals surface area contributed by atoms with E-state index >= 15 is 0 Å². The van der Waals surface area contributed by atoms with Gasteiger partial charge in [-0.15, -0.1) is 0 Å². The molecule has 0 spiro atoms. The maximum atomic E-state index is 4.28. The number of hydrogen-bond donors (Lipinski definition) is 0. The van der Waals surface area contributed by atoms with E-state index < -0.39 is 0 Å². The Labute approximate surface area is 111 Å². The molecule has 0 N–H and O–H groups in total. The van der Waals surface area contributed by atoms with Crippen molar-refractivity contribution in [2.45, 2.75) is 47.0 Å². The van der Waals surface area contributed by atoms with Crippen LogP contribution in [0.15, 0.2) is 24.4 Å². The van der Waals surface area contributed by atoms with E-state index in [9.17, 15) is 0 Å². The molecule has 100 valence electrons. The second kappa shape index (κ2) is 6.58. The van der Waals surface area contributed by atoms with E-state index in [0.29, 0.717) is 11.8 Å². The number of fused-ring (bicyclic) bond motifs is 1. The van der Waals surface area contributed by atoms with Gasteiger partial charge in [0.25, 0.3) is 0 Å². The zero-order valence-corrected chi connectivity index (χ0v) is 12.6. The first-order valence-electron chi connectivity index (χ1n) is 7.05. The molecule has 18 heavy (non-hydrogen) atoms. The molecule has 1 aromatic heterocycles. The molecule has 1 heterocycles. The van der Waals surface area contributed by atoms with Gasteiger partial charge in [-0.2, -0.15) is 5.10 Å². The molecule has 1 unspecified atom stereocenters. The number of hydrogen-bond acceptors (Lipinski definition) is 1.